The van der Waals surface area contributed by atoms with Crippen molar-refractivity contribution in [2.24, 2.45) is 5.92 Å². The molecule has 0 aromatic heterocycles. The molecule has 0 saturated carbocycles. The van der Waals surface area contributed by atoms with Gasteiger partial charge in [-0.15, -0.1) is 0 Å². The van der Waals surface area contributed by atoms with Gasteiger partial charge in [0.25, 0.3) is 0 Å². The monoisotopic (exact) mass is 316 g/mol. The summed E-state index contributed by atoms with van der Waals surface area (Å²) in [6, 6.07) is 4.86. The van der Waals surface area contributed by atoms with E-state index >= 15 is 0 Å². The van der Waals surface area contributed by atoms with Crippen LogP contribution in [0.2, 0.25) is 0 Å². The topological polar surface area (TPSA) is 78.4 Å². The van der Waals surface area contributed by atoms with E-state index in [1.165, 1.54) is 18.2 Å². The number of alkyl halides is 3. The highest BCUT2D eigenvalue weighted by Gasteiger charge is 2.37. The molecule has 0 radical (unpaired) electrons. The maximum absolute atomic E-state index is 12.8. The van der Waals surface area contributed by atoms with Crippen molar-refractivity contribution >= 4 is 11.8 Å². The van der Waals surface area contributed by atoms with Crippen LogP contribution in [-0.2, 0) is 22.3 Å². The summed E-state index contributed by atoms with van der Waals surface area (Å²) in [5.41, 5.74) is -0.946. The number of aliphatic hydroxyl groups excluding tert-OH is 1. The Balaban J connectivity index is 2.07. The molecule has 22 heavy (non-hydrogen) atoms. The Morgan fingerprint density at radius 3 is 2.68 bits per heavy atom. The van der Waals surface area contributed by atoms with Crippen LogP contribution in [0.15, 0.2) is 24.3 Å². The van der Waals surface area contributed by atoms with Gasteiger partial charge < -0.3 is 15.7 Å². The summed E-state index contributed by atoms with van der Waals surface area (Å²) in [6.07, 6.45) is -5.43. The van der Waals surface area contributed by atoms with Gasteiger partial charge in [-0.05, 0) is 18.1 Å². The number of benzene rings is 1. The number of nitrogens with one attached hydrogen (secondary N) is 2. The third-order valence-electron chi connectivity index (χ3n) is 3.46. The van der Waals surface area contributed by atoms with Crippen LogP contribution >= 0.6 is 0 Å². The van der Waals surface area contributed by atoms with Crippen LogP contribution in [0.25, 0.3) is 0 Å². The quantitative estimate of drug-likeness (QED) is 0.723. The number of carbonyl (C=O) groups excluding carboxylic acids is 2. The maximum Gasteiger partial charge on any atom is 0.416 e. The first kappa shape index (κ1) is 16.3. The molecule has 1 aliphatic rings. The molecule has 3 N–H and O–H groups in total. The number of hydrogen-bond donors (Lipinski definition) is 3. The standard InChI is InChI=1S/C14H15F3N2O3/c15-14(16,17)9-4-2-1-3-8(9)7-19-13(22)11-10(20)5-6-18-12(11)21/h1-4,10-11,20H,5-7H2,(H,18,21)(H,19,22). The zero-order valence-electron chi connectivity index (χ0n) is 11.5. The zero-order valence-corrected chi connectivity index (χ0v) is 11.5. The van der Waals surface area contributed by atoms with Gasteiger partial charge in [-0.3, -0.25) is 9.59 Å². The number of rotatable bonds is 3. The molecule has 1 saturated heterocycles. The van der Waals surface area contributed by atoms with Gasteiger partial charge in [0.1, 0.15) is 5.92 Å². The van der Waals surface area contributed by atoms with Gasteiger partial charge in [0.15, 0.2) is 0 Å². The molecule has 0 spiro atoms. The summed E-state index contributed by atoms with van der Waals surface area (Å²) in [4.78, 5) is 23.5. The van der Waals surface area contributed by atoms with E-state index < -0.39 is 35.6 Å². The van der Waals surface area contributed by atoms with Gasteiger partial charge in [-0.2, -0.15) is 13.2 Å². The first-order valence-corrected chi connectivity index (χ1v) is 6.69. The molecule has 0 bridgehead atoms. The highest BCUT2D eigenvalue weighted by molar-refractivity contribution is 6.01. The third kappa shape index (κ3) is 3.56. The van der Waals surface area contributed by atoms with Gasteiger partial charge in [-0.1, -0.05) is 18.2 Å². The van der Waals surface area contributed by atoms with Crippen molar-refractivity contribution in [1.82, 2.24) is 10.6 Å². The summed E-state index contributed by atoms with van der Waals surface area (Å²) in [7, 11) is 0. The van der Waals surface area contributed by atoms with Crippen molar-refractivity contribution in [3.63, 3.8) is 0 Å². The van der Waals surface area contributed by atoms with Crippen molar-refractivity contribution in [2.75, 3.05) is 6.54 Å². The molecule has 2 rings (SSSR count). The van der Waals surface area contributed by atoms with Crippen molar-refractivity contribution in [3.05, 3.63) is 35.4 Å². The highest BCUT2D eigenvalue weighted by Crippen LogP contribution is 2.31. The van der Waals surface area contributed by atoms with Gasteiger partial charge in [0, 0.05) is 13.1 Å². The largest absolute Gasteiger partial charge is 0.416 e. The summed E-state index contributed by atoms with van der Waals surface area (Å²) >= 11 is 0. The van der Waals surface area contributed by atoms with Gasteiger partial charge in [0.2, 0.25) is 11.8 Å². The first-order chi connectivity index (χ1) is 10.3. The Hall–Kier alpha value is -2.09. The van der Waals surface area contributed by atoms with Gasteiger partial charge in [0.05, 0.1) is 11.7 Å². The Bertz CT molecular complexity index is 575. The van der Waals surface area contributed by atoms with E-state index in [1.807, 2.05) is 0 Å². The third-order valence-corrected chi connectivity index (χ3v) is 3.46. The molecular weight excluding hydrogens is 301 g/mol. The van der Waals surface area contributed by atoms with Crippen molar-refractivity contribution in [3.8, 4) is 0 Å². The normalized spacial score (nSPS) is 22.1. The lowest BCUT2D eigenvalue weighted by Gasteiger charge is -2.26. The van der Waals surface area contributed by atoms with Crippen molar-refractivity contribution in [2.45, 2.75) is 25.2 Å². The van der Waals surface area contributed by atoms with Crippen LogP contribution in [0.5, 0.6) is 0 Å². The minimum Gasteiger partial charge on any atom is -0.392 e. The molecule has 120 valence electrons. The fourth-order valence-corrected chi connectivity index (χ4v) is 2.33. The van der Waals surface area contributed by atoms with Crippen LogP contribution in [0, 0.1) is 5.92 Å². The lowest BCUT2D eigenvalue weighted by atomic mass is 9.94. The predicted molar refractivity (Wildman–Crippen MR) is 70.4 cm³/mol. The molecular formula is C14H15F3N2O3. The Morgan fingerprint density at radius 2 is 2.05 bits per heavy atom. The summed E-state index contributed by atoms with van der Waals surface area (Å²) in [6.45, 7) is -0.105. The van der Waals surface area contributed by atoms with Gasteiger partial charge in [-0.25, -0.2) is 0 Å². The average Bonchev–Trinajstić information content (AvgIpc) is 2.44. The smallest absolute Gasteiger partial charge is 0.392 e. The van der Waals surface area contributed by atoms with E-state index in [1.54, 1.807) is 0 Å². The number of halogens is 3. The molecule has 1 aromatic carbocycles. The van der Waals surface area contributed by atoms with E-state index in [9.17, 15) is 27.9 Å². The van der Waals surface area contributed by atoms with E-state index in [0.717, 1.165) is 6.07 Å². The number of aliphatic hydroxyl groups is 1. The number of hydrogen-bond acceptors (Lipinski definition) is 3. The summed E-state index contributed by atoms with van der Waals surface area (Å²) in [5, 5.41) is 14.4. The summed E-state index contributed by atoms with van der Waals surface area (Å²) < 4.78 is 38.5. The Labute approximate surface area is 124 Å². The first-order valence-electron chi connectivity index (χ1n) is 6.69. The van der Waals surface area contributed by atoms with E-state index in [0.29, 0.717) is 0 Å². The molecule has 1 heterocycles. The average molecular weight is 316 g/mol. The lowest BCUT2D eigenvalue weighted by Crippen LogP contribution is -2.51. The minimum atomic E-state index is -4.52. The Morgan fingerprint density at radius 1 is 1.36 bits per heavy atom. The fraction of sp³-hybridized carbons (Fsp3) is 0.429. The molecule has 2 atom stereocenters. The molecule has 1 aromatic rings. The van der Waals surface area contributed by atoms with E-state index in [-0.39, 0.29) is 25.1 Å². The second-order valence-corrected chi connectivity index (χ2v) is 5.00. The second kappa shape index (κ2) is 6.35. The van der Waals surface area contributed by atoms with Crippen LogP contribution in [0.3, 0.4) is 0 Å². The van der Waals surface area contributed by atoms with Gasteiger partial charge >= 0.3 is 6.18 Å². The van der Waals surface area contributed by atoms with E-state index in [2.05, 4.69) is 10.6 Å². The zero-order chi connectivity index (χ0) is 16.3. The molecule has 8 heteroatoms. The van der Waals surface area contributed by atoms with Crippen LogP contribution in [0.1, 0.15) is 17.5 Å². The maximum atomic E-state index is 12.8. The van der Waals surface area contributed by atoms with E-state index in [4.69, 9.17) is 0 Å². The SMILES string of the molecule is O=C1NCCC(O)C1C(=O)NCc1ccccc1C(F)(F)F. The predicted octanol–water partition coefficient (Wildman–Crippen LogP) is 0.819. The number of piperidine rings is 1. The molecule has 2 unspecified atom stereocenters. The molecule has 2 amide bonds. The van der Waals surface area contributed by atoms with Crippen LogP contribution in [-0.4, -0.2) is 29.6 Å². The molecule has 1 aliphatic heterocycles. The molecule has 0 aliphatic carbocycles. The highest BCUT2D eigenvalue weighted by atomic mass is 19.4. The number of amides is 2. The second-order valence-electron chi connectivity index (χ2n) is 5.00. The molecule has 5 nitrogen and oxygen atoms in total. The lowest BCUT2D eigenvalue weighted by molar-refractivity contribution is -0.143. The van der Waals surface area contributed by atoms with Crippen LogP contribution in [0.4, 0.5) is 13.2 Å². The fourth-order valence-electron chi connectivity index (χ4n) is 2.33. The minimum absolute atomic E-state index is 0.103. The number of carbonyl (C=O) groups is 2. The van der Waals surface area contributed by atoms with Crippen molar-refractivity contribution < 1.29 is 27.9 Å². The van der Waals surface area contributed by atoms with Crippen molar-refractivity contribution in [1.29, 1.82) is 0 Å². The van der Waals surface area contributed by atoms with Crippen LogP contribution < -0.4 is 10.6 Å². The Kier molecular flexibility index (Phi) is 4.70. The summed E-state index contributed by atoms with van der Waals surface area (Å²) in [5.74, 6) is -2.71. The molecule has 1 fully saturated rings.